The van der Waals surface area contributed by atoms with Crippen molar-refractivity contribution in [2.75, 3.05) is 5.32 Å². The highest BCUT2D eigenvalue weighted by Crippen LogP contribution is 2.34. The molecule has 0 unspecified atom stereocenters. The summed E-state index contributed by atoms with van der Waals surface area (Å²) in [6.07, 6.45) is 0.684. The molecule has 0 saturated carbocycles. The first-order valence-corrected chi connectivity index (χ1v) is 10.0. The molecule has 4 nitrogen and oxygen atoms in total. The number of primary amides is 1. The third-order valence-electron chi connectivity index (χ3n) is 4.36. The SMILES string of the molecule is Cc1ccc(C(=O)Nc2sc(Cc3ccccc3)c(C)c2C(N)=O)cc1Br. The molecule has 0 bridgehead atoms. The highest BCUT2D eigenvalue weighted by Gasteiger charge is 2.21. The summed E-state index contributed by atoms with van der Waals surface area (Å²) >= 11 is 4.83. The van der Waals surface area contributed by atoms with Crippen LogP contribution in [0.15, 0.2) is 53.0 Å². The van der Waals surface area contributed by atoms with Gasteiger partial charge in [-0.3, -0.25) is 9.59 Å². The van der Waals surface area contributed by atoms with Crippen LogP contribution in [0.1, 0.15) is 42.3 Å². The Morgan fingerprint density at radius 1 is 1.11 bits per heavy atom. The van der Waals surface area contributed by atoms with Gasteiger partial charge >= 0.3 is 0 Å². The van der Waals surface area contributed by atoms with E-state index in [0.29, 0.717) is 22.5 Å². The summed E-state index contributed by atoms with van der Waals surface area (Å²) in [6, 6.07) is 15.4. The molecule has 3 rings (SSSR count). The summed E-state index contributed by atoms with van der Waals surface area (Å²) in [5.74, 6) is -0.811. The van der Waals surface area contributed by atoms with Crippen LogP contribution in [-0.4, -0.2) is 11.8 Å². The van der Waals surface area contributed by atoms with Crippen LogP contribution < -0.4 is 11.1 Å². The zero-order valence-electron chi connectivity index (χ0n) is 15.0. The van der Waals surface area contributed by atoms with E-state index in [9.17, 15) is 9.59 Å². The summed E-state index contributed by atoms with van der Waals surface area (Å²) < 4.78 is 0.859. The molecular formula is C21H19BrN2O2S. The largest absolute Gasteiger partial charge is 0.365 e. The number of hydrogen-bond donors (Lipinski definition) is 2. The topological polar surface area (TPSA) is 72.2 Å². The van der Waals surface area contributed by atoms with E-state index in [2.05, 4.69) is 21.2 Å². The molecule has 3 N–H and O–H groups in total. The number of aryl methyl sites for hydroxylation is 1. The Balaban J connectivity index is 1.92. The van der Waals surface area contributed by atoms with E-state index in [4.69, 9.17) is 5.73 Å². The number of carbonyl (C=O) groups excluding carboxylic acids is 2. The zero-order valence-corrected chi connectivity index (χ0v) is 17.4. The number of nitrogens with two attached hydrogens (primary N) is 1. The average molecular weight is 443 g/mol. The van der Waals surface area contributed by atoms with Gasteiger partial charge in [-0.1, -0.05) is 52.3 Å². The molecule has 6 heteroatoms. The lowest BCUT2D eigenvalue weighted by atomic mass is 10.1. The number of carbonyl (C=O) groups is 2. The fraction of sp³-hybridized carbons (Fsp3) is 0.143. The van der Waals surface area contributed by atoms with Gasteiger partial charge in [-0.15, -0.1) is 11.3 Å². The Labute approximate surface area is 170 Å². The van der Waals surface area contributed by atoms with Crippen LogP contribution in [0, 0.1) is 13.8 Å². The number of anilines is 1. The third-order valence-corrected chi connectivity index (χ3v) is 6.42. The number of nitrogens with one attached hydrogen (secondary N) is 1. The van der Waals surface area contributed by atoms with Crippen LogP contribution in [0.5, 0.6) is 0 Å². The normalized spacial score (nSPS) is 10.6. The lowest BCUT2D eigenvalue weighted by Gasteiger charge is -2.06. The Hall–Kier alpha value is -2.44. The first kappa shape index (κ1) is 19.3. The fourth-order valence-electron chi connectivity index (χ4n) is 2.80. The van der Waals surface area contributed by atoms with Crippen LogP contribution >= 0.6 is 27.3 Å². The predicted octanol–water partition coefficient (Wildman–Crippen LogP) is 5.07. The second kappa shape index (κ2) is 8.06. The maximum Gasteiger partial charge on any atom is 0.256 e. The summed E-state index contributed by atoms with van der Waals surface area (Å²) in [7, 11) is 0. The standard InChI is InChI=1S/C21H19BrN2O2S/c1-12-8-9-15(11-16(12)22)20(26)24-21-18(19(23)25)13(2)17(27-21)10-14-6-4-3-5-7-14/h3-9,11H,10H2,1-2H3,(H2,23,25)(H,24,26). The van der Waals surface area contributed by atoms with Gasteiger partial charge in [0, 0.05) is 21.3 Å². The molecular weight excluding hydrogens is 424 g/mol. The second-order valence-electron chi connectivity index (χ2n) is 6.30. The first-order valence-electron chi connectivity index (χ1n) is 8.40. The van der Waals surface area contributed by atoms with Crippen LogP contribution in [0.4, 0.5) is 5.00 Å². The molecule has 0 aliphatic rings. The summed E-state index contributed by atoms with van der Waals surface area (Å²) in [6.45, 7) is 3.82. The van der Waals surface area contributed by atoms with Crippen molar-refractivity contribution in [1.29, 1.82) is 0 Å². The van der Waals surface area contributed by atoms with Gasteiger partial charge in [0.25, 0.3) is 11.8 Å². The minimum Gasteiger partial charge on any atom is -0.365 e. The number of hydrogen-bond acceptors (Lipinski definition) is 3. The van der Waals surface area contributed by atoms with Crippen LogP contribution in [0.25, 0.3) is 0 Å². The Kier molecular flexibility index (Phi) is 5.77. The Morgan fingerprint density at radius 3 is 2.44 bits per heavy atom. The van der Waals surface area contributed by atoms with Crippen LogP contribution in [-0.2, 0) is 6.42 Å². The molecule has 0 aliphatic heterocycles. The summed E-state index contributed by atoms with van der Waals surface area (Å²) in [5, 5.41) is 3.35. The quantitative estimate of drug-likeness (QED) is 0.578. The average Bonchev–Trinajstić information content (AvgIpc) is 2.93. The van der Waals surface area contributed by atoms with Crippen molar-refractivity contribution in [1.82, 2.24) is 0 Å². The van der Waals surface area contributed by atoms with Crippen molar-refractivity contribution >= 4 is 44.1 Å². The minimum absolute atomic E-state index is 0.272. The molecule has 0 spiro atoms. The van der Waals surface area contributed by atoms with Gasteiger partial charge in [0.15, 0.2) is 0 Å². The minimum atomic E-state index is -0.538. The molecule has 1 heterocycles. The Bertz CT molecular complexity index is 1010. The first-order chi connectivity index (χ1) is 12.9. The number of amides is 2. The van der Waals surface area contributed by atoms with Gasteiger partial charge < -0.3 is 11.1 Å². The maximum atomic E-state index is 12.7. The molecule has 2 aromatic carbocycles. The molecule has 0 radical (unpaired) electrons. The zero-order chi connectivity index (χ0) is 19.6. The molecule has 2 amide bonds. The number of rotatable bonds is 5. The van der Waals surface area contributed by atoms with Crippen molar-refractivity contribution in [3.8, 4) is 0 Å². The maximum absolute atomic E-state index is 12.7. The molecule has 0 atom stereocenters. The van der Waals surface area contributed by atoms with Gasteiger partial charge in [-0.05, 0) is 42.7 Å². The monoisotopic (exact) mass is 442 g/mol. The van der Waals surface area contributed by atoms with E-state index in [0.717, 1.165) is 26.0 Å². The van der Waals surface area contributed by atoms with Gasteiger partial charge in [0.2, 0.25) is 0 Å². The summed E-state index contributed by atoms with van der Waals surface area (Å²) in [4.78, 5) is 25.7. The molecule has 0 fully saturated rings. The number of halogens is 1. The molecule has 0 aliphatic carbocycles. The second-order valence-corrected chi connectivity index (χ2v) is 8.26. The fourth-order valence-corrected chi connectivity index (χ4v) is 4.42. The van der Waals surface area contributed by atoms with E-state index in [1.165, 1.54) is 11.3 Å². The summed E-state index contributed by atoms with van der Waals surface area (Å²) in [5.41, 5.74) is 9.48. The van der Waals surface area contributed by atoms with E-state index in [1.54, 1.807) is 12.1 Å². The van der Waals surface area contributed by atoms with Gasteiger partial charge in [-0.2, -0.15) is 0 Å². The van der Waals surface area contributed by atoms with E-state index >= 15 is 0 Å². The van der Waals surface area contributed by atoms with Gasteiger partial charge in [0.05, 0.1) is 5.56 Å². The van der Waals surface area contributed by atoms with E-state index < -0.39 is 5.91 Å². The molecule has 27 heavy (non-hydrogen) atoms. The Morgan fingerprint density at radius 2 is 1.81 bits per heavy atom. The molecule has 0 saturated heterocycles. The van der Waals surface area contributed by atoms with Crippen LogP contribution in [0.3, 0.4) is 0 Å². The highest BCUT2D eigenvalue weighted by molar-refractivity contribution is 9.10. The van der Waals surface area contributed by atoms with E-state index in [1.807, 2.05) is 50.2 Å². The van der Waals surface area contributed by atoms with Crippen LogP contribution in [0.2, 0.25) is 0 Å². The lowest BCUT2D eigenvalue weighted by Crippen LogP contribution is -2.17. The van der Waals surface area contributed by atoms with Gasteiger partial charge in [0.1, 0.15) is 5.00 Å². The predicted molar refractivity (Wildman–Crippen MR) is 114 cm³/mol. The molecule has 1 aromatic heterocycles. The van der Waals surface area contributed by atoms with Crippen molar-refractivity contribution in [3.63, 3.8) is 0 Å². The molecule has 3 aromatic rings. The van der Waals surface area contributed by atoms with Gasteiger partial charge in [-0.25, -0.2) is 0 Å². The van der Waals surface area contributed by atoms with Crippen molar-refractivity contribution in [2.24, 2.45) is 5.73 Å². The van der Waals surface area contributed by atoms with Crippen molar-refractivity contribution in [3.05, 3.63) is 85.7 Å². The molecule has 138 valence electrons. The highest BCUT2D eigenvalue weighted by atomic mass is 79.9. The number of benzene rings is 2. The smallest absolute Gasteiger partial charge is 0.256 e. The third kappa shape index (κ3) is 4.28. The lowest BCUT2D eigenvalue weighted by molar-refractivity contribution is 0.100. The number of thiophene rings is 1. The van der Waals surface area contributed by atoms with Crippen molar-refractivity contribution in [2.45, 2.75) is 20.3 Å². The van der Waals surface area contributed by atoms with Crippen molar-refractivity contribution < 1.29 is 9.59 Å². The van der Waals surface area contributed by atoms with E-state index in [-0.39, 0.29) is 5.91 Å².